The lowest BCUT2D eigenvalue weighted by molar-refractivity contribution is -0.00747. The number of aldehydes is 1. The molecule has 1 aliphatic rings. The third-order valence-electron chi connectivity index (χ3n) is 6.77. The van der Waals surface area contributed by atoms with Crippen LogP contribution in [0.2, 0.25) is 0 Å². The fraction of sp³-hybridized carbons (Fsp3) is 0.533. The van der Waals surface area contributed by atoms with Crippen molar-refractivity contribution in [2.75, 3.05) is 79.0 Å². The third kappa shape index (κ3) is 11.8. The fourth-order valence-electron chi connectivity index (χ4n) is 4.44. The largest absolute Gasteiger partial charge is 0.378 e. The van der Waals surface area contributed by atoms with E-state index in [0.29, 0.717) is 65.1 Å². The Morgan fingerprint density at radius 1 is 0.756 bits per heavy atom. The van der Waals surface area contributed by atoms with Crippen molar-refractivity contribution >= 4 is 6.29 Å². The first-order valence-corrected chi connectivity index (χ1v) is 14.3. The van der Waals surface area contributed by atoms with Gasteiger partial charge in [-0.2, -0.15) is 0 Å². The molecular weight excluding hydrogens is 524 g/mol. The Kier molecular flexibility index (Phi) is 13.3. The molecule has 0 amide bonds. The Balaban J connectivity index is 0.914. The summed E-state index contributed by atoms with van der Waals surface area (Å²) in [6.45, 7) is 12.7. The van der Waals surface area contributed by atoms with Crippen molar-refractivity contribution in [2.24, 2.45) is 0 Å². The highest BCUT2D eigenvalue weighted by Gasteiger charge is 2.17. The van der Waals surface area contributed by atoms with Gasteiger partial charge in [0.15, 0.2) is 6.29 Å². The van der Waals surface area contributed by atoms with E-state index < -0.39 is 0 Å². The zero-order chi connectivity index (χ0) is 28.5. The van der Waals surface area contributed by atoms with Gasteiger partial charge >= 0.3 is 0 Å². The first kappa shape index (κ1) is 30.9. The van der Waals surface area contributed by atoms with Gasteiger partial charge in [0.1, 0.15) is 11.4 Å². The minimum absolute atomic E-state index is 0.412. The third-order valence-corrected chi connectivity index (χ3v) is 6.77. The maximum Gasteiger partial charge on any atom is 0.168 e. The van der Waals surface area contributed by atoms with E-state index in [-0.39, 0.29) is 0 Å². The number of benzene rings is 1. The molecular formula is C30H42N6O5. The highest BCUT2D eigenvalue weighted by atomic mass is 16.6. The second-order valence-corrected chi connectivity index (χ2v) is 10.1. The maximum absolute atomic E-state index is 10.9. The molecule has 4 rings (SSSR count). The van der Waals surface area contributed by atoms with Gasteiger partial charge in [-0.15, -0.1) is 5.10 Å². The van der Waals surface area contributed by atoms with E-state index in [1.54, 1.807) is 6.07 Å². The summed E-state index contributed by atoms with van der Waals surface area (Å²) in [6.07, 6.45) is 2.71. The van der Waals surface area contributed by atoms with Crippen LogP contribution < -0.4 is 0 Å². The van der Waals surface area contributed by atoms with Crippen LogP contribution in [0.25, 0.3) is 0 Å². The molecule has 0 atom stereocenters. The molecule has 0 spiro atoms. The topological polar surface area (TPSA) is 104 Å². The number of aromatic nitrogens is 4. The van der Waals surface area contributed by atoms with E-state index in [1.165, 1.54) is 11.1 Å². The van der Waals surface area contributed by atoms with Crippen LogP contribution in [0.5, 0.6) is 0 Å². The first-order chi connectivity index (χ1) is 20.2. The molecule has 0 aliphatic carbocycles. The van der Waals surface area contributed by atoms with Gasteiger partial charge in [0.05, 0.1) is 71.3 Å². The monoisotopic (exact) mass is 566 g/mol. The molecule has 41 heavy (non-hydrogen) atoms. The molecule has 3 aromatic rings. The number of nitrogens with zero attached hydrogens (tertiary/aromatic N) is 6. The van der Waals surface area contributed by atoms with Crippen LogP contribution in [0, 0.1) is 6.92 Å². The summed E-state index contributed by atoms with van der Waals surface area (Å²) in [5.74, 6) is 0. The van der Waals surface area contributed by atoms with Crippen LogP contribution >= 0.6 is 0 Å². The average Bonchev–Trinajstić information content (AvgIpc) is 3.44. The number of hydrogen-bond acceptors (Lipinski definition) is 10. The van der Waals surface area contributed by atoms with E-state index in [0.717, 1.165) is 56.9 Å². The molecule has 11 heteroatoms. The number of hydrogen-bond donors (Lipinski definition) is 0. The summed E-state index contributed by atoms with van der Waals surface area (Å²) < 4.78 is 24.3. The summed E-state index contributed by atoms with van der Waals surface area (Å²) >= 11 is 0. The van der Waals surface area contributed by atoms with Gasteiger partial charge in [-0.25, -0.2) is 9.67 Å². The molecule has 3 heterocycles. The SMILES string of the molecule is Cc1ccc(Cn2cc(COCCOCCOCCOCCN3CCN(Cc4cccc(C=O)n4)CC3)nn2)cc1. The van der Waals surface area contributed by atoms with E-state index in [9.17, 15) is 4.79 Å². The number of pyridine rings is 1. The Bertz CT molecular complexity index is 1150. The van der Waals surface area contributed by atoms with Crippen LogP contribution in [0.15, 0.2) is 48.7 Å². The lowest BCUT2D eigenvalue weighted by atomic mass is 10.1. The zero-order valence-corrected chi connectivity index (χ0v) is 24.0. The van der Waals surface area contributed by atoms with E-state index >= 15 is 0 Å². The van der Waals surface area contributed by atoms with Gasteiger partial charge in [-0.05, 0) is 24.6 Å². The summed E-state index contributed by atoms with van der Waals surface area (Å²) in [7, 11) is 0. The van der Waals surface area contributed by atoms with Crippen LogP contribution in [-0.4, -0.2) is 115 Å². The molecule has 222 valence electrons. The van der Waals surface area contributed by atoms with Crippen LogP contribution in [0.1, 0.15) is 33.0 Å². The Hall–Kier alpha value is -3.06. The lowest BCUT2D eigenvalue weighted by Gasteiger charge is -2.34. The predicted octanol–water partition coefficient (Wildman–Crippen LogP) is 2.23. The molecule has 0 saturated carbocycles. The molecule has 0 unspecified atom stereocenters. The molecule has 1 saturated heterocycles. The quantitative estimate of drug-likeness (QED) is 0.159. The Labute approximate surface area is 242 Å². The molecule has 1 fully saturated rings. The van der Waals surface area contributed by atoms with E-state index in [1.807, 2.05) is 23.0 Å². The van der Waals surface area contributed by atoms with Gasteiger partial charge in [-0.3, -0.25) is 14.6 Å². The van der Waals surface area contributed by atoms with Crippen molar-refractivity contribution < 1.29 is 23.7 Å². The van der Waals surface area contributed by atoms with Crippen molar-refractivity contribution in [3.05, 3.63) is 76.9 Å². The van der Waals surface area contributed by atoms with Gasteiger partial charge < -0.3 is 18.9 Å². The minimum Gasteiger partial charge on any atom is -0.378 e. The van der Waals surface area contributed by atoms with Crippen molar-refractivity contribution in [3.63, 3.8) is 0 Å². The van der Waals surface area contributed by atoms with Crippen molar-refractivity contribution in [2.45, 2.75) is 26.6 Å². The molecule has 11 nitrogen and oxygen atoms in total. The normalized spacial score (nSPS) is 14.5. The molecule has 2 aromatic heterocycles. The van der Waals surface area contributed by atoms with Gasteiger partial charge in [0, 0.05) is 39.3 Å². The molecule has 1 aliphatic heterocycles. The number of rotatable bonds is 19. The van der Waals surface area contributed by atoms with Crippen LogP contribution in [0.3, 0.4) is 0 Å². The van der Waals surface area contributed by atoms with Gasteiger partial charge in [-0.1, -0.05) is 41.1 Å². The molecule has 1 aromatic carbocycles. The van der Waals surface area contributed by atoms with Gasteiger partial charge in [0.2, 0.25) is 0 Å². The van der Waals surface area contributed by atoms with Gasteiger partial charge in [0.25, 0.3) is 0 Å². The summed E-state index contributed by atoms with van der Waals surface area (Å²) in [5, 5.41) is 8.33. The number of carbonyl (C=O) groups is 1. The van der Waals surface area contributed by atoms with Crippen molar-refractivity contribution in [3.8, 4) is 0 Å². The molecule has 0 radical (unpaired) electrons. The van der Waals surface area contributed by atoms with Crippen molar-refractivity contribution in [1.29, 1.82) is 0 Å². The summed E-state index contributed by atoms with van der Waals surface area (Å²) in [5.41, 5.74) is 4.67. The van der Waals surface area contributed by atoms with E-state index in [4.69, 9.17) is 18.9 Å². The zero-order valence-electron chi connectivity index (χ0n) is 24.0. The second kappa shape index (κ2) is 17.7. The Morgan fingerprint density at radius 2 is 1.41 bits per heavy atom. The predicted molar refractivity (Wildman–Crippen MR) is 154 cm³/mol. The maximum atomic E-state index is 10.9. The number of ether oxygens (including phenoxy) is 4. The molecule has 0 bridgehead atoms. The van der Waals surface area contributed by atoms with Crippen molar-refractivity contribution in [1.82, 2.24) is 29.8 Å². The standard InChI is InChI=1S/C30H42N6O5/c1-26-5-7-27(8-6-26)21-36-23-30(32-33-36)25-41-20-19-40-18-17-39-16-15-38-14-13-34-9-11-35(12-10-34)22-28-3-2-4-29(24-37)31-28/h2-8,23-24H,9-22,25H2,1H3. The smallest absolute Gasteiger partial charge is 0.168 e. The van der Waals surface area contributed by atoms with Crippen LogP contribution in [0.4, 0.5) is 0 Å². The fourth-order valence-corrected chi connectivity index (χ4v) is 4.44. The number of piperazine rings is 1. The Morgan fingerprint density at radius 3 is 2.12 bits per heavy atom. The second-order valence-electron chi connectivity index (χ2n) is 10.1. The van der Waals surface area contributed by atoms with E-state index in [2.05, 4.69) is 56.3 Å². The van der Waals surface area contributed by atoms with Crippen LogP contribution in [-0.2, 0) is 38.6 Å². The minimum atomic E-state index is 0.412. The summed E-state index contributed by atoms with van der Waals surface area (Å²) in [4.78, 5) is 20.1. The first-order valence-electron chi connectivity index (χ1n) is 14.3. The lowest BCUT2D eigenvalue weighted by Crippen LogP contribution is -2.46. The molecule has 0 N–H and O–H groups in total. The number of carbonyl (C=O) groups excluding carboxylic acids is 1. The highest BCUT2D eigenvalue weighted by Crippen LogP contribution is 2.08. The summed E-state index contributed by atoms with van der Waals surface area (Å²) in [6, 6.07) is 14.0. The average molecular weight is 567 g/mol. The highest BCUT2D eigenvalue weighted by molar-refractivity contribution is 5.71. The number of aryl methyl sites for hydroxylation is 1.